The van der Waals surface area contributed by atoms with Gasteiger partial charge in [0.25, 0.3) is 5.91 Å². The van der Waals surface area contributed by atoms with Gasteiger partial charge in [-0.3, -0.25) is 9.69 Å². The Balaban J connectivity index is 1.54. The van der Waals surface area contributed by atoms with Crippen molar-refractivity contribution in [3.05, 3.63) is 77.9 Å². The molecule has 0 unspecified atom stereocenters. The van der Waals surface area contributed by atoms with Gasteiger partial charge in [0.05, 0.1) is 5.69 Å². The highest BCUT2D eigenvalue weighted by Gasteiger charge is 2.24. The van der Waals surface area contributed by atoms with Gasteiger partial charge in [-0.2, -0.15) is 0 Å². The third kappa shape index (κ3) is 4.54. The van der Waals surface area contributed by atoms with Gasteiger partial charge < -0.3 is 5.32 Å². The molecule has 1 saturated heterocycles. The predicted octanol–water partition coefficient (Wildman–Crippen LogP) is 3.07. The molecule has 1 aromatic heterocycles. The van der Waals surface area contributed by atoms with Crippen LogP contribution in [0.1, 0.15) is 41.8 Å². The van der Waals surface area contributed by atoms with E-state index in [1.54, 1.807) is 4.68 Å². The lowest BCUT2D eigenvalue weighted by Crippen LogP contribution is -2.40. The van der Waals surface area contributed by atoms with Crippen molar-refractivity contribution < 1.29 is 4.79 Å². The first kappa shape index (κ1) is 19.3. The molecule has 0 spiro atoms. The number of likely N-dealkylation sites (N-methyl/N-ethyl adjacent to an activating group) is 1. The van der Waals surface area contributed by atoms with Gasteiger partial charge in [0.15, 0.2) is 0 Å². The first-order chi connectivity index (χ1) is 14.2. The monoisotopic (exact) mass is 389 g/mol. The van der Waals surface area contributed by atoms with Gasteiger partial charge in [-0.1, -0.05) is 55.5 Å². The zero-order valence-corrected chi connectivity index (χ0v) is 16.8. The maximum atomic E-state index is 12.8. The normalized spacial score (nSPS) is 16.8. The molecule has 2 heterocycles. The number of para-hydroxylation sites is 1. The topological polar surface area (TPSA) is 63.1 Å². The second kappa shape index (κ2) is 9.01. The molecule has 0 aliphatic carbocycles. The summed E-state index contributed by atoms with van der Waals surface area (Å²) in [6.45, 7) is 4.93. The molecule has 0 saturated carbocycles. The summed E-state index contributed by atoms with van der Waals surface area (Å²) < 4.78 is 1.77. The summed E-state index contributed by atoms with van der Waals surface area (Å²) in [4.78, 5) is 19.8. The average molecular weight is 390 g/mol. The van der Waals surface area contributed by atoms with Gasteiger partial charge in [0, 0.05) is 19.0 Å². The number of nitrogens with one attached hydrogen (secondary N) is 1. The van der Waals surface area contributed by atoms with E-state index in [0.717, 1.165) is 36.6 Å². The van der Waals surface area contributed by atoms with Crippen molar-refractivity contribution in [2.75, 3.05) is 19.6 Å². The first-order valence-electron chi connectivity index (χ1n) is 10.3. The molecule has 0 bridgehead atoms. The Morgan fingerprint density at radius 2 is 1.83 bits per heavy atom. The molecule has 1 N–H and O–H groups in total. The van der Waals surface area contributed by atoms with Crippen LogP contribution in [0.2, 0.25) is 0 Å². The lowest BCUT2D eigenvalue weighted by molar-refractivity contribution is 0.0931. The van der Waals surface area contributed by atoms with Crippen LogP contribution >= 0.6 is 0 Å². The molecule has 2 aromatic carbocycles. The van der Waals surface area contributed by atoms with Crippen LogP contribution < -0.4 is 5.32 Å². The van der Waals surface area contributed by atoms with Crippen molar-refractivity contribution in [2.45, 2.75) is 32.2 Å². The highest BCUT2D eigenvalue weighted by Crippen LogP contribution is 2.16. The van der Waals surface area contributed by atoms with E-state index in [9.17, 15) is 4.79 Å². The van der Waals surface area contributed by atoms with Gasteiger partial charge in [-0.05, 0) is 43.6 Å². The van der Waals surface area contributed by atoms with Gasteiger partial charge >= 0.3 is 0 Å². The highest BCUT2D eigenvalue weighted by molar-refractivity contribution is 5.90. The zero-order valence-electron chi connectivity index (χ0n) is 16.8. The number of carbonyl (C=O) groups excluding carboxylic acids is 1. The van der Waals surface area contributed by atoms with E-state index < -0.39 is 0 Å². The third-order valence-corrected chi connectivity index (χ3v) is 5.49. The predicted molar refractivity (Wildman–Crippen MR) is 113 cm³/mol. The molecule has 4 rings (SSSR count). The van der Waals surface area contributed by atoms with Gasteiger partial charge in [-0.15, -0.1) is 5.10 Å². The van der Waals surface area contributed by atoms with E-state index in [-0.39, 0.29) is 11.7 Å². The minimum Gasteiger partial charge on any atom is -0.348 e. The second-order valence-electron chi connectivity index (χ2n) is 7.40. The van der Waals surface area contributed by atoms with Crippen LogP contribution in [0.15, 0.2) is 60.7 Å². The first-order valence-corrected chi connectivity index (χ1v) is 10.3. The fraction of sp³-hybridized carbons (Fsp3) is 0.348. The summed E-state index contributed by atoms with van der Waals surface area (Å²) in [5.74, 6) is 0.765. The van der Waals surface area contributed by atoms with Crippen molar-refractivity contribution in [1.82, 2.24) is 25.0 Å². The Bertz CT molecular complexity index is 938. The van der Waals surface area contributed by atoms with Crippen LogP contribution in [0.5, 0.6) is 0 Å². The molecular formula is C23H27N5O. The second-order valence-corrected chi connectivity index (χ2v) is 7.40. The number of likely N-dealkylation sites (tertiary alicyclic amines) is 1. The van der Waals surface area contributed by atoms with Crippen LogP contribution in [0, 0.1) is 0 Å². The van der Waals surface area contributed by atoms with E-state index in [1.165, 1.54) is 6.42 Å². The van der Waals surface area contributed by atoms with Crippen LogP contribution in [0.3, 0.4) is 0 Å². The Morgan fingerprint density at radius 3 is 2.55 bits per heavy atom. The number of benzene rings is 2. The highest BCUT2D eigenvalue weighted by atomic mass is 16.2. The van der Waals surface area contributed by atoms with Crippen LogP contribution in [0.4, 0.5) is 0 Å². The number of hydrogen-bond donors (Lipinski definition) is 1. The number of nitrogens with zero attached hydrogens (tertiary/aromatic N) is 4. The van der Waals surface area contributed by atoms with E-state index >= 15 is 0 Å². The van der Waals surface area contributed by atoms with Gasteiger partial charge in [0.1, 0.15) is 5.82 Å². The lowest BCUT2D eigenvalue weighted by atomic mass is 10.1. The SMILES string of the molecule is CCN1CCC[C@H]1CNC(=O)c1nc(Cc2ccccc2)n(-c2ccccc2)n1. The third-order valence-electron chi connectivity index (χ3n) is 5.49. The smallest absolute Gasteiger partial charge is 0.291 e. The standard InChI is InChI=1S/C23H27N5O/c1-2-27-15-9-14-20(27)17-24-23(29)22-25-21(16-18-10-5-3-6-11-18)28(26-22)19-12-7-4-8-13-19/h3-8,10-13,20H,2,9,14-17H2,1H3,(H,24,29)/t20-/m0/s1. The summed E-state index contributed by atoms with van der Waals surface area (Å²) in [5.41, 5.74) is 2.03. The maximum absolute atomic E-state index is 12.8. The number of amides is 1. The molecule has 1 atom stereocenters. The summed E-state index contributed by atoms with van der Waals surface area (Å²) in [6, 6.07) is 20.4. The van der Waals surface area contributed by atoms with Crippen molar-refractivity contribution in [1.29, 1.82) is 0 Å². The quantitative estimate of drug-likeness (QED) is 0.675. The number of rotatable bonds is 7. The Hall–Kier alpha value is -2.99. The molecule has 3 aromatic rings. The summed E-state index contributed by atoms with van der Waals surface area (Å²) in [6.07, 6.45) is 2.93. The van der Waals surface area contributed by atoms with Crippen molar-refractivity contribution in [3.63, 3.8) is 0 Å². The zero-order chi connectivity index (χ0) is 20.1. The largest absolute Gasteiger partial charge is 0.348 e. The molecule has 6 nitrogen and oxygen atoms in total. The van der Waals surface area contributed by atoms with Crippen LogP contribution in [-0.2, 0) is 6.42 Å². The molecule has 6 heteroatoms. The molecular weight excluding hydrogens is 362 g/mol. The molecule has 150 valence electrons. The Kier molecular flexibility index (Phi) is 6.00. The van der Waals surface area contributed by atoms with Crippen molar-refractivity contribution in [3.8, 4) is 5.69 Å². The summed E-state index contributed by atoms with van der Waals surface area (Å²) >= 11 is 0. The molecule has 29 heavy (non-hydrogen) atoms. The minimum atomic E-state index is -0.211. The number of hydrogen-bond acceptors (Lipinski definition) is 4. The average Bonchev–Trinajstić information content (AvgIpc) is 3.40. The molecule has 1 amide bonds. The Morgan fingerprint density at radius 1 is 1.10 bits per heavy atom. The van der Waals surface area contributed by atoms with Gasteiger partial charge in [-0.25, -0.2) is 9.67 Å². The Labute approximate surface area is 171 Å². The molecule has 1 aliphatic heterocycles. The van der Waals surface area contributed by atoms with E-state index in [0.29, 0.717) is 19.0 Å². The van der Waals surface area contributed by atoms with Crippen molar-refractivity contribution >= 4 is 5.91 Å². The maximum Gasteiger partial charge on any atom is 0.291 e. The van der Waals surface area contributed by atoms with Crippen molar-refractivity contribution in [2.24, 2.45) is 0 Å². The van der Waals surface area contributed by atoms with Crippen LogP contribution in [0.25, 0.3) is 5.69 Å². The molecule has 1 aliphatic rings. The summed E-state index contributed by atoms with van der Waals surface area (Å²) in [5, 5.41) is 7.58. The number of carbonyl (C=O) groups is 1. The van der Waals surface area contributed by atoms with E-state index in [2.05, 4.69) is 39.4 Å². The van der Waals surface area contributed by atoms with E-state index in [4.69, 9.17) is 0 Å². The molecule has 1 fully saturated rings. The van der Waals surface area contributed by atoms with Crippen LogP contribution in [-0.4, -0.2) is 51.2 Å². The molecule has 0 radical (unpaired) electrons. The van der Waals surface area contributed by atoms with Gasteiger partial charge in [0.2, 0.25) is 5.82 Å². The summed E-state index contributed by atoms with van der Waals surface area (Å²) in [7, 11) is 0. The lowest BCUT2D eigenvalue weighted by Gasteiger charge is -2.22. The number of aromatic nitrogens is 3. The van der Waals surface area contributed by atoms with E-state index in [1.807, 2.05) is 48.5 Å². The fourth-order valence-corrected chi connectivity index (χ4v) is 3.94. The fourth-order valence-electron chi connectivity index (χ4n) is 3.94. The minimum absolute atomic E-state index is 0.211.